The molecular formula is C25H19ClFNO5. The first-order valence-electron chi connectivity index (χ1n) is 9.96. The third-order valence-electron chi connectivity index (χ3n) is 5.44. The number of halogens is 2. The molecule has 1 aliphatic heterocycles. The highest BCUT2D eigenvalue weighted by atomic mass is 35.5. The van der Waals surface area contributed by atoms with Crippen LogP contribution in [0.5, 0.6) is 11.5 Å². The second kappa shape index (κ2) is 8.96. The van der Waals surface area contributed by atoms with E-state index in [0.29, 0.717) is 16.9 Å². The van der Waals surface area contributed by atoms with Gasteiger partial charge in [-0.2, -0.15) is 0 Å². The molecule has 2 N–H and O–H groups in total. The number of phenolic OH excluding ortho intramolecular Hbond substituents is 1. The Labute approximate surface area is 194 Å². The van der Waals surface area contributed by atoms with Gasteiger partial charge in [0.1, 0.15) is 23.1 Å². The first-order valence-corrected chi connectivity index (χ1v) is 10.3. The Morgan fingerprint density at radius 1 is 1.06 bits per heavy atom. The van der Waals surface area contributed by atoms with Crippen molar-refractivity contribution in [2.24, 2.45) is 0 Å². The molecule has 4 rings (SSSR count). The van der Waals surface area contributed by atoms with E-state index in [1.807, 2.05) is 0 Å². The smallest absolute Gasteiger partial charge is 0.295 e. The molecule has 1 heterocycles. The number of aliphatic hydroxyl groups excluding tert-OH is 1. The number of phenols is 1. The average Bonchev–Trinajstić information content (AvgIpc) is 3.06. The van der Waals surface area contributed by atoms with Gasteiger partial charge in [0, 0.05) is 12.1 Å². The first kappa shape index (κ1) is 22.4. The number of amides is 1. The topological polar surface area (TPSA) is 87.1 Å². The SMILES string of the molecule is COc1ccc(Cl)c(/C(O)=C2\C(=O)C(=O)N(Cc3ccc(F)cc3)C2c2ccc(O)cc2)c1. The zero-order valence-electron chi connectivity index (χ0n) is 17.5. The molecular weight excluding hydrogens is 449 g/mol. The minimum absolute atomic E-state index is 0.000973. The van der Waals surface area contributed by atoms with Gasteiger partial charge >= 0.3 is 0 Å². The quantitative estimate of drug-likeness (QED) is 0.319. The van der Waals surface area contributed by atoms with E-state index in [1.54, 1.807) is 18.2 Å². The number of Topliss-reactive ketones (excluding diaryl/α,β-unsaturated/α-hetero) is 1. The van der Waals surface area contributed by atoms with Crippen molar-refractivity contribution in [1.29, 1.82) is 0 Å². The van der Waals surface area contributed by atoms with Gasteiger partial charge in [0.2, 0.25) is 0 Å². The molecule has 0 radical (unpaired) electrons. The highest BCUT2D eigenvalue weighted by Gasteiger charge is 2.46. The van der Waals surface area contributed by atoms with Crippen LogP contribution in [0, 0.1) is 5.82 Å². The predicted molar refractivity (Wildman–Crippen MR) is 120 cm³/mol. The molecule has 0 aromatic heterocycles. The van der Waals surface area contributed by atoms with Crippen molar-refractivity contribution in [2.75, 3.05) is 7.11 Å². The Hall–Kier alpha value is -3.84. The molecule has 33 heavy (non-hydrogen) atoms. The lowest BCUT2D eigenvalue weighted by Crippen LogP contribution is -2.29. The van der Waals surface area contributed by atoms with E-state index < -0.39 is 29.3 Å². The molecule has 6 nitrogen and oxygen atoms in total. The Morgan fingerprint density at radius 3 is 2.36 bits per heavy atom. The number of ether oxygens (including phenoxy) is 1. The number of aromatic hydroxyl groups is 1. The Bertz CT molecular complexity index is 1250. The van der Waals surface area contributed by atoms with Crippen molar-refractivity contribution in [3.05, 3.63) is 99.8 Å². The Balaban J connectivity index is 1.88. The lowest BCUT2D eigenvalue weighted by Gasteiger charge is -2.25. The fourth-order valence-electron chi connectivity index (χ4n) is 3.79. The average molecular weight is 468 g/mol. The number of carbonyl (C=O) groups excluding carboxylic acids is 2. The molecule has 8 heteroatoms. The fourth-order valence-corrected chi connectivity index (χ4v) is 4.00. The number of benzene rings is 3. The summed E-state index contributed by atoms with van der Waals surface area (Å²) < 4.78 is 18.5. The van der Waals surface area contributed by atoms with E-state index in [4.69, 9.17) is 16.3 Å². The third kappa shape index (κ3) is 4.27. The van der Waals surface area contributed by atoms with Gasteiger partial charge in [0.15, 0.2) is 0 Å². The van der Waals surface area contributed by atoms with Gasteiger partial charge in [0.25, 0.3) is 11.7 Å². The van der Waals surface area contributed by atoms with Crippen LogP contribution in [0.4, 0.5) is 4.39 Å². The van der Waals surface area contributed by atoms with E-state index in [0.717, 1.165) is 0 Å². The van der Waals surface area contributed by atoms with E-state index in [9.17, 15) is 24.2 Å². The van der Waals surface area contributed by atoms with E-state index in [-0.39, 0.29) is 28.5 Å². The number of likely N-dealkylation sites (tertiary alicyclic amines) is 1. The summed E-state index contributed by atoms with van der Waals surface area (Å²) >= 11 is 6.28. The summed E-state index contributed by atoms with van der Waals surface area (Å²) in [6, 6.07) is 15.1. The monoisotopic (exact) mass is 467 g/mol. The van der Waals surface area contributed by atoms with Crippen LogP contribution >= 0.6 is 11.6 Å². The number of hydrogen-bond donors (Lipinski definition) is 2. The molecule has 0 spiro atoms. The summed E-state index contributed by atoms with van der Waals surface area (Å²) in [5.74, 6) is -2.17. The molecule has 168 valence electrons. The van der Waals surface area contributed by atoms with Crippen molar-refractivity contribution < 1.29 is 28.9 Å². The van der Waals surface area contributed by atoms with Gasteiger partial charge in [-0.05, 0) is 53.6 Å². The third-order valence-corrected chi connectivity index (χ3v) is 5.77. The maximum absolute atomic E-state index is 13.4. The van der Waals surface area contributed by atoms with Crippen molar-refractivity contribution in [3.63, 3.8) is 0 Å². The lowest BCUT2D eigenvalue weighted by atomic mass is 9.95. The fraction of sp³-hybridized carbons (Fsp3) is 0.120. The molecule has 3 aromatic rings. The van der Waals surface area contributed by atoms with Gasteiger partial charge in [0.05, 0.1) is 23.7 Å². The zero-order chi connectivity index (χ0) is 23.7. The van der Waals surface area contributed by atoms with E-state index >= 15 is 0 Å². The number of ketones is 1. The lowest BCUT2D eigenvalue weighted by molar-refractivity contribution is -0.140. The van der Waals surface area contributed by atoms with Gasteiger partial charge < -0.3 is 19.8 Å². The van der Waals surface area contributed by atoms with Crippen molar-refractivity contribution >= 4 is 29.1 Å². The predicted octanol–water partition coefficient (Wildman–Crippen LogP) is 4.82. The van der Waals surface area contributed by atoms with Crippen LogP contribution in [-0.4, -0.2) is 33.9 Å². The highest BCUT2D eigenvalue weighted by Crippen LogP contribution is 2.42. The van der Waals surface area contributed by atoms with Crippen LogP contribution in [0.25, 0.3) is 5.76 Å². The minimum Gasteiger partial charge on any atom is -0.508 e. The van der Waals surface area contributed by atoms with E-state index in [1.165, 1.54) is 60.5 Å². The second-order valence-electron chi connectivity index (χ2n) is 7.49. The summed E-state index contributed by atoms with van der Waals surface area (Å²) in [7, 11) is 1.45. The van der Waals surface area contributed by atoms with Crippen LogP contribution in [0.15, 0.2) is 72.3 Å². The zero-order valence-corrected chi connectivity index (χ0v) is 18.2. The number of aliphatic hydroxyl groups is 1. The molecule has 3 aromatic carbocycles. The number of hydrogen-bond acceptors (Lipinski definition) is 5. The summed E-state index contributed by atoms with van der Waals surface area (Å²) in [4.78, 5) is 27.4. The van der Waals surface area contributed by atoms with Gasteiger partial charge in [-0.15, -0.1) is 0 Å². The van der Waals surface area contributed by atoms with Crippen LogP contribution in [-0.2, 0) is 16.1 Å². The van der Waals surface area contributed by atoms with E-state index in [2.05, 4.69) is 0 Å². The van der Waals surface area contributed by atoms with Crippen LogP contribution in [0.3, 0.4) is 0 Å². The second-order valence-corrected chi connectivity index (χ2v) is 7.90. The molecule has 1 saturated heterocycles. The normalized spacial score (nSPS) is 17.4. The maximum atomic E-state index is 13.4. The first-order chi connectivity index (χ1) is 15.8. The molecule has 1 unspecified atom stereocenters. The van der Waals surface area contributed by atoms with Crippen LogP contribution in [0.2, 0.25) is 5.02 Å². The minimum atomic E-state index is -0.960. The molecule has 1 amide bonds. The summed E-state index contributed by atoms with van der Waals surface area (Å²) in [5.41, 5.74) is 1.08. The van der Waals surface area contributed by atoms with Crippen molar-refractivity contribution in [3.8, 4) is 11.5 Å². The summed E-state index contributed by atoms with van der Waals surface area (Å²) in [6.07, 6.45) is 0. The summed E-state index contributed by atoms with van der Waals surface area (Å²) in [5, 5.41) is 21.0. The number of rotatable bonds is 5. The Morgan fingerprint density at radius 2 is 1.73 bits per heavy atom. The Kier molecular flexibility index (Phi) is 6.07. The standard InChI is InChI=1S/C25H19ClFNO5/c1-33-18-10-11-20(26)19(12-18)23(30)21-22(15-4-8-17(29)9-5-15)28(25(32)24(21)31)13-14-2-6-16(27)7-3-14/h2-12,22,29-30H,13H2,1H3/b23-21+. The van der Waals surface area contributed by atoms with Crippen LogP contribution < -0.4 is 4.74 Å². The van der Waals surface area contributed by atoms with Gasteiger partial charge in [-0.3, -0.25) is 9.59 Å². The van der Waals surface area contributed by atoms with Crippen molar-refractivity contribution in [1.82, 2.24) is 4.90 Å². The van der Waals surface area contributed by atoms with Crippen LogP contribution in [0.1, 0.15) is 22.7 Å². The number of carbonyl (C=O) groups is 2. The van der Waals surface area contributed by atoms with Gasteiger partial charge in [-0.1, -0.05) is 35.9 Å². The molecule has 1 atom stereocenters. The molecule has 1 fully saturated rings. The highest BCUT2D eigenvalue weighted by molar-refractivity contribution is 6.47. The molecule has 1 aliphatic rings. The summed E-state index contributed by atoms with van der Waals surface area (Å²) in [6.45, 7) is -0.000973. The molecule has 0 saturated carbocycles. The largest absolute Gasteiger partial charge is 0.508 e. The maximum Gasteiger partial charge on any atom is 0.295 e. The molecule has 0 bridgehead atoms. The van der Waals surface area contributed by atoms with Crippen molar-refractivity contribution in [2.45, 2.75) is 12.6 Å². The molecule has 0 aliphatic carbocycles. The number of nitrogens with zero attached hydrogens (tertiary/aromatic N) is 1. The number of methoxy groups -OCH3 is 1. The van der Waals surface area contributed by atoms with Gasteiger partial charge in [-0.25, -0.2) is 4.39 Å².